The van der Waals surface area contributed by atoms with Crippen LogP contribution in [0.25, 0.3) is 0 Å². The van der Waals surface area contributed by atoms with Crippen LogP contribution < -0.4 is 20.1 Å². The number of nitrogens with one attached hydrogen (secondary N) is 2. The van der Waals surface area contributed by atoms with Gasteiger partial charge in [-0.2, -0.15) is 0 Å². The van der Waals surface area contributed by atoms with Gasteiger partial charge in [-0.15, -0.1) is 0 Å². The Balaban J connectivity index is 1.52. The summed E-state index contributed by atoms with van der Waals surface area (Å²) in [5.74, 6) is 1.98. The first-order valence-corrected chi connectivity index (χ1v) is 8.65. The summed E-state index contributed by atoms with van der Waals surface area (Å²) >= 11 is 6.26. The summed E-state index contributed by atoms with van der Waals surface area (Å²) in [6, 6.07) is 3.73. The molecule has 0 radical (unpaired) electrons. The summed E-state index contributed by atoms with van der Waals surface area (Å²) < 4.78 is 11.3. The predicted molar refractivity (Wildman–Crippen MR) is 89.1 cm³/mol. The Kier molecular flexibility index (Phi) is 5.62. The van der Waals surface area contributed by atoms with E-state index in [2.05, 4.69) is 10.6 Å². The predicted octanol–water partition coefficient (Wildman–Crippen LogP) is 2.51. The van der Waals surface area contributed by atoms with Crippen LogP contribution in [-0.2, 0) is 11.3 Å². The van der Waals surface area contributed by atoms with Crippen LogP contribution in [0.15, 0.2) is 12.1 Å². The van der Waals surface area contributed by atoms with Crippen molar-refractivity contribution in [2.45, 2.75) is 32.2 Å². The van der Waals surface area contributed by atoms with Crippen molar-refractivity contribution in [2.75, 3.05) is 26.3 Å². The third-order valence-electron chi connectivity index (χ3n) is 4.29. The summed E-state index contributed by atoms with van der Waals surface area (Å²) in [6.07, 6.45) is 3.53. The van der Waals surface area contributed by atoms with Crippen LogP contribution in [-0.4, -0.2) is 32.2 Å². The van der Waals surface area contributed by atoms with Crippen molar-refractivity contribution in [3.63, 3.8) is 0 Å². The van der Waals surface area contributed by atoms with Gasteiger partial charge in [0.15, 0.2) is 11.5 Å². The number of rotatable bonds is 5. The van der Waals surface area contributed by atoms with Crippen LogP contribution >= 0.6 is 11.6 Å². The maximum absolute atomic E-state index is 12.0. The highest BCUT2D eigenvalue weighted by molar-refractivity contribution is 6.32. The van der Waals surface area contributed by atoms with E-state index in [0.717, 1.165) is 31.5 Å². The molecule has 1 saturated heterocycles. The molecule has 1 fully saturated rings. The van der Waals surface area contributed by atoms with Gasteiger partial charge in [-0.1, -0.05) is 11.6 Å². The van der Waals surface area contributed by atoms with Gasteiger partial charge in [-0.3, -0.25) is 4.79 Å². The van der Waals surface area contributed by atoms with Crippen molar-refractivity contribution in [1.82, 2.24) is 10.6 Å². The van der Waals surface area contributed by atoms with Crippen LogP contribution in [0, 0.1) is 5.92 Å². The lowest BCUT2D eigenvalue weighted by molar-refractivity contribution is -0.121. The number of hydrogen-bond acceptors (Lipinski definition) is 4. The maximum Gasteiger partial charge on any atom is 0.220 e. The first-order valence-electron chi connectivity index (χ1n) is 8.28. The van der Waals surface area contributed by atoms with Gasteiger partial charge in [0, 0.05) is 19.4 Å². The van der Waals surface area contributed by atoms with Gasteiger partial charge < -0.3 is 20.1 Å². The molecular formula is C17H23ClN2O3. The minimum atomic E-state index is 0.0835. The second kappa shape index (κ2) is 7.88. The van der Waals surface area contributed by atoms with Crippen LogP contribution in [0.3, 0.4) is 0 Å². The van der Waals surface area contributed by atoms with Crippen molar-refractivity contribution < 1.29 is 14.3 Å². The fourth-order valence-corrected chi connectivity index (χ4v) is 3.26. The third-order valence-corrected chi connectivity index (χ3v) is 4.57. The molecule has 0 aliphatic carbocycles. The highest BCUT2D eigenvalue weighted by Gasteiger charge is 2.17. The van der Waals surface area contributed by atoms with Gasteiger partial charge in [0.25, 0.3) is 0 Å². The van der Waals surface area contributed by atoms with Crippen molar-refractivity contribution in [1.29, 1.82) is 0 Å². The van der Waals surface area contributed by atoms with E-state index in [1.54, 1.807) is 0 Å². The first kappa shape index (κ1) is 16.4. The normalized spacial score (nSPS) is 20.1. The molecule has 1 unspecified atom stereocenters. The molecule has 2 aliphatic rings. The highest BCUT2D eigenvalue weighted by Crippen LogP contribution is 2.37. The summed E-state index contributed by atoms with van der Waals surface area (Å²) in [4.78, 5) is 12.0. The van der Waals surface area contributed by atoms with E-state index in [1.807, 2.05) is 12.1 Å². The lowest BCUT2D eigenvalue weighted by Crippen LogP contribution is -2.23. The summed E-state index contributed by atoms with van der Waals surface area (Å²) in [7, 11) is 0. The van der Waals surface area contributed by atoms with Crippen molar-refractivity contribution in [3.05, 3.63) is 22.7 Å². The molecule has 0 spiro atoms. The molecular weight excluding hydrogens is 316 g/mol. The second-order valence-corrected chi connectivity index (χ2v) is 6.54. The Morgan fingerprint density at radius 2 is 2.22 bits per heavy atom. The standard InChI is InChI=1S/C17H23ClN2O3/c18-14-8-13(9-15-17(14)23-7-1-6-22-15)11-20-16(21)3-2-12-4-5-19-10-12/h8-9,12,19H,1-7,10-11H2,(H,20,21). The van der Waals surface area contributed by atoms with Crippen LogP contribution in [0.2, 0.25) is 5.02 Å². The van der Waals surface area contributed by atoms with Crippen molar-refractivity contribution in [3.8, 4) is 11.5 Å². The first-order chi connectivity index (χ1) is 11.2. The number of carbonyl (C=O) groups excluding carboxylic acids is 1. The van der Waals surface area contributed by atoms with E-state index in [4.69, 9.17) is 21.1 Å². The molecule has 2 heterocycles. The molecule has 5 nitrogen and oxygen atoms in total. The lowest BCUT2D eigenvalue weighted by Gasteiger charge is -2.12. The number of halogens is 1. The van der Waals surface area contributed by atoms with Gasteiger partial charge >= 0.3 is 0 Å². The van der Waals surface area contributed by atoms with Gasteiger partial charge in [-0.05, 0) is 49.5 Å². The number of amides is 1. The Morgan fingerprint density at radius 3 is 3.04 bits per heavy atom. The summed E-state index contributed by atoms with van der Waals surface area (Å²) in [6.45, 7) is 3.79. The fourth-order valence-electron chi connectivity index (χ4n) is 2.97. The molecule has 1 atom stereocenters. The zero-order valence-electron chi connectivity index (χ0n) is 13.2. The molecule has 1 aromatic rings. The Bertz CT molecular complexity index is 559. The van der Waals surface area contributed by atoms with Crippen molar-refractivity contribution in [2.24, 2.45) is 5.92 Å². The number of hydrogen-bond donors (Lipinski definition) is 2. The molecule has 126 valence electrons. The average molecular weight is 339 g/mol. The van der Waals surface area contributed by atoms with Crippen LogP contribution in [0.1, 0.15) is 31.2 Å². The Morgan fingerprint density at radius 1 is 1.35 bits per heavy atom. The molecule has 2 aliphatic heterocycles. The smallest absolute Gasteiger partial charge is 0.220 e. The van der Waals surface area contributed by atoms with E-state index in [9.17, 15) is 4.79 Å². The molecule has 0 bridgehead atoms. The van der Waals surface area contributed by atoms with E-state index in [1.165, 1.54) is 6.42 Å². The van der Waals surface area contributed by atoms with E-state index >= 15 is 0 Å². The molecule has 0 saturated carbocycles. The molecule has 2 N–H and O–H groups in total. The van der Waals surface area contributed by atoms with Crippen LogP contribution in [0.5, 0.6) is 11.5 Å². The lowest BCUT2D eigenvalue weighted by atomic mass is 10.0. The number of fused-ring (bicyclic) bond motifs is 1. The van der Waals surface area contributed by atoms with Crippen LogP contribution in [0.4, 0.5) is 0 Å². The third kappa shape index (κ3) is 4.52. The number of carbonyl (C=O) groups is 1. The zero-order valence-corrected chi connectivity index (χ0v) is 14.0. The van der Waals surface area contributed by atoms with Gasteiger partial charge in [0.05, 0.1) is 18.2 Å². The number of ether oxygens (including phenoxy) is 2. The van der Waals surface area contributed by atoms with Gasteiger partial charge in [0.1, 0.15) is 0 Å². The monoisotopic (exact) mass is 338 g/mol. The minimum Gasteiger partial charge on any atom is -0.489 e. The average Bonchev–Trinajstić information content (AvgIpc) is 2.95. The Labute approximate surface area is 141 Å². The molecule has 23 heavy (non-hydrogen) atoms. The SMILES string of the molecule is O=C(CCC1CCNC1)NCc1cc(Cl)c2c(c1)OCCCO2. The van der Waals surface area contributed by atoms with Gasteiger partial charge in [0.2, 0.25) is 5.91 Å². The Hall–Kier alpha value is -1.46. The maximum atomic E-state index is 12.0. The minimum absolute atomic E-state index is 0.0835. The zero-order chi connectivity index (χ0) is 16.1. The molecule has 0 aromatic heterocycles. The number of benzene rings is 1. The largest absolute Gasteiger partial charge is 0.489 e. The highest BCUT2D eigenvalue weighted by atomic mass is 35.5. The second-order valence-electron chi connectivity index (χ2n) is 6.13. The van der Waals surface area contributed by atoms with E-state index in [0.29, 0.717) is 48.6 Å². The fraction of sp³-hybridized carbons (Fsp3) is 0.588. The van der Waals surface area contributed by atoms with E-state index < -0.39 is 0 Å². The quantitative estimate of drug-likeness (QED) is 0.866. The molecule has 3 rings (SSSR count). The summed E-state index contributed by atoms with van der Waals surface area (Å²) in [5, 5.41) is 6.81. The summed E-state index contributed by atoms with van der Waals surface area (Å²) in [5.41, 5.74) is 0.926. The van der Waals surface area contributed by atoms with Crippen molar-refractivity contribution >= 4 is 17.5 Å². The molecule has 1 amide bonds. The van der Waals surface area contributed by atoms with Gasteiger partial charge in [-0.25, -0.2) is 0 Å². The topological polar surface area (TPSA) is 59.6 Å². The van der Waals surface area contributed by atoms with E-state index in [-0.39, 0.29) is 5.91 Å². The molecule has 1 aromatic carbocycles. The molecule has 6 heteroatoms.